The number of rotatable bonds is 6. The Hall–Kier alpha value is -1.67. The first-order valence-electron chi connectivity index (χ1n) is 8.06. The number of thiazole rings is 1. The van der Waals surface area contributed by atoms with Gasteiger partial charge >= 0.3 is 0 Å². The number of carbonyl (C=O) groups excluding carboxylic acids is 1. The molecule has 0 spiro atoms. The Kier molecular flexibility index (Phi) is 5.82. The largest absolute Gasteiger partial charge is 0.494 e. The molecule has 8 heteroatoms. The predicted octanol–water partition coefficient (Wildman–Crippen LogP) is 4.54. The summed E-state index contributed by atoms with van der Waals surface area (Å²) in [5, 5.41) is 0.670. The maximum absolute atomic E-state index is 13.1. The molecule has 0 aliphatic rings. The lowest BCUT2D eigenvalue weighted by Crippen LogP contribution is -2.36. The van der Waals surface area contributed by atoms with Gasteiger partial charge in [-0.1, -0.05) is 29.0 Å². The number of thiophene rings is 1. The minimum Gasteiger partial charge on any atom is -0.494 e. The molecule has 2 heterocycles. The highest BCUT2D eigenvalue weighted by atomic mass is 35.5. The monoisotopic (exact) mass is 409 g/mol. The van der Waals surface area contributed by atoms with Crippen LogP contribution in [0.2, 0.25) is 4.34 Å². The van der Waals surface area contributed by atoms with Crippen LogP contribution in [0, 0.1) is 6.92 Å². The minimum atomic E-state index is -0.0839. The van der Waals surface area contributed by atoms with Crippen LogP contribution in [0.4, 0.5) is 5.13 Å². The van der Waals surface area contributed by atoms with Gasteiger partial charge in [0.05, 0.1) is 21.0 Å². The van der Waals surface area contributed by atoms with E-state index in [1.54, 1.807) is 24.1 Å². The average molecular weight is 410 g/mol. The van der Waals surface area contributed by atoms with Crippen molar-refractivity contribution >= 4 is 55.5 Å². The summed E-state index contributed by atoms with van der Waals surface area (Å²) in [6.07, 6.45) is 0. The average Bonchev–Trinajstić information content (AvgIpc) is 3.22. The molecule has 0 aliphatic carbocycles. The molecule has 0 N–H and O–H groups in total. The molecule has 1 amide bonds. The van der Waals surface area contributed by atoms with E-state index in [2.05, 4.69) is 0 Å². The molecule has 0 unspecified atom stereocenters. The number of nitrogens with zero attached hydrogens (tertiary/aromatic N) is 3. The maximum atomic E-state index is 13.1. The summed E-state index contributed by atoms with van der Waals surface area (Å²) in [5.74, 6) is 0.631. The van der Waals surface area contributed by atoms with Crippen LogP contribution in [-0.4, -0.2) is 50.1 Å². The topological polar surface area (TPSA) is 45.7 Å². The van der Waals surface area contributed by atoms with E-state index in [9.17, 15) is 4.79 Å². The zero-order chi connectivity index (χ0) is 18.8. The van der Waals surface area contributed by atoms with Crippen molar-refractivity contribution in [2.45, 2.75) is 6.92 Å². The Morgan fingerprint density at radius 2 is 1.96 bits per heavy atom. The fourth-order valence-corrected chi connectivity index (χ4v) is 4.59. The van der Waals surface area contributed by atoms with Crippen molar-refractivity contribution in [2.75, 3.05) is 39.2 Å². The Morgan fingerprint density at radius 3 is 2.58 bits per heavy atom. The molecule has 138 valence electrons. The van der Waals surface area contributed by atoms with Crippen molar-refractivity contribution in [1.82, 2.24) is 9.88 Å². The van der Waals surface area contributed by atoms with Crippen molar-refractivity contribution < 1.29 is 9.53 Å². The van der Waals surface area contributed by atoms with Crippen LogP contribution in [0.3, 0.4) is 0 Å². The Balaban J connectivity index is 2.05. The third-order valence-electron chi connectivity index (χ3n) is 3.94. The van der Waals surface area contributed by atoms with Crippen LogP contribution >= 0.6 is 34.3 Å². The quantitative estimate of drug-likeness (QED) is 0.599. The number of carbonyl (C=O) groups is 1. The standard InChI is InChI=1S/C18H20ClN3O2S2/c1-11-5-6-12(24-4)15-16(11)26-18(20-15)22(10-9-21(2)3)17(23)13-7-8-14(19)25-13/h5-8H,9-10H2,1-4H3. The second-order valence-corrected chi connectivity index (χ2v) is 8.82. The number of methoxy groups -OCH3 is 1. The van der Waals surface area contributed by atoms with Crippen LogP contribution in [0.1, 0.15) is 15.2 Å². The van der Waals surface area contributed by atoms with Gasteiger partial charge in [-0.2, -0.15) is 0 Å². The number of benzene rings is 1. The molecule has 0 atom stereocenters. The number of hydrogen-bond acceptors (Lipinski definition) is 6. The molecule has 3 rings (SSSR count). The summed E-state index contributed by atoms with van der Waals surface area (Å²) in [4.78, 5) is 22.2. The van der Waals surface area contributed by atoms with E-state index in [4.69, 9.17) is 21.3 Å². The number of amides is 1. The Bertz CT molecular complexity index is 936. The molecule has 0 aliphatic heterocycles. The summed E-state index contributed by atoms with van der Waals surface area (Å²) in [6.45, 7) is 3.31. The van der Waals surface area contributed by atoms with Crippen LogP contribution in [0.15, 0.2) is 24.3 Å². The molecule has 5 nitrogen and oxygen atoms in total. The molecule has 0 saturated carbocycles. The van der Waals surface area contributed by atoms with Crippen molar-refractivity contribution in [3.63, 3.8) is 0 Å². The summed E-state index contributed by atoms with van der Waals surface area (Å²) in [6, 6.07) is 7.42. The number of halogens is 1. The highest BCUT2D eigenvalue weighted by Crippen LogP contribution is 2.37. The maximum Gasteiger partial charge on any atom is 0.270 e. The van der Waals surface area contributed by atoms with E-state index < -0.39 is 0 Å². The van der Waals surface area contributed by atoms with Gasteiger partial charge in [0.1, 0.15) is 11.3 Å². The van der Waals surface area contributed by atoms with E-state index in [1.165, 1.54) is 22.7 Å². The van der Waals surface area contributed by atoms with Crippen LogP contribution in [0.25, 0.3) is 10.2 Å². The molecular weight excluding hydrogens is 390 g/mol. The molecule has 26 heavy (non-hydrogen) atoms. The van der Waals surface area contributed by atoms with Crippen molar-refractivity contribution in [3.8, 4) is 5.75 Å². The smallest absolute Gasteiger partial charge is 0.270 e. The third kappa shape index (κ3) is 3.86. The summed E-state index contributed by atoms with van der Waals surface area (Å²) < 4.78 is 7.07. The van der Waals surface area contributed by atoms with Gasteiger partial charge in [0.25, 0.3) is 5.91 Å². The first kappa shape index (κ1) is 19.1. The van der Waals surface area contributed by atoms with Gasteiger partial charge in [-0.3, -0.25) is 9.69 Å². The van der Waals surface area contributed by atoms with Crippen LogP contribution in [-0.2, 0) is 0 Å². The number of likely N-dealkylation sites (N-methyl/N-ethyl adjacent to an activating group) is 1. The lowest BCUT2D eigenvalue weighted by atomic mass is 10.2. The van der Waals surface area contributed by atoms with Gasteiger partial charge in [-0.15, -0.1) is 11.3 Å². The lowest BCUT2D eigenvalue weighted by Gasteiger charge is -2.21. The molecule has 0 saturated heterocycles. The zero-order valence-corrected chi connectivity index (χ0v) is 17.5. The fraction of sp³-hybridized carbons (Fsp3) is 0.333. The second kappa shape index (κ2) is 7.92. The Morgan fingerprint density at radius 1 is 1.19 bits per heavy atom. The first-order valence-corrected chi connectivity index (χ1v) is 10.1. The number of aryl methyl sites for hydroxylation is 1. The van der Waals surface area contributed by atoms with Gasteiger partial charge in [0.2, 0.25) is 0 Å². The molecule has 1 aromatic carbocycles. The van der Waals surface area contributed by atoms with E-state index in [0.29, 0.717) is 26.6 Å². The van der Waals surface area contributed by atoms with Gasteiger partial charge in [-0.05, 0) is 44.8 Å². The fourth-order valence-electron chi connectivity index (χ4n) is 2.52. The molecule has 0 radical (unpaired) electrons. The van der Waals surface area contributed by atoms with Gasteiger partial charge in [0, 0.05) is 13.1 Å². The Labute approximate surface area is 165 Å². The minimum absolute atomic E-state index is 0.0839. The van der Waals surface area contributed by atoms with E-state index in [0.717, 1.165) is 22.3 Å². The van der Waals surface area contributed by atoms with E-state index in [-0.39, 0.29) is 5.91 Å². The number of anilines is 1. The van der Waals surface area contributed by atoms with Crippen LogP contribution in [0.5, 0.6) is 5.75 Å². The summed E-state index contributed by atoms with van der Waals surface area (Å²) in [7, 11) is 5.60. The first-order chi connectivity index (χ1) is 12.4. The van der Waals surface area contributed by atoms with Gasteiger partial charge in [0.15, 0.2) is 5.13 Å². The second-order valence-electron chi connectivity index (χ2n) is 6.12. The highest BCUT2D eigenvalue weighted by molar-refractivity contribution is 7.22. The number of aromatic nitrogens is 1. The van der Waals surface area contributed by atoms with E-state index in [1.807, 2.05) is 38.1 Å². The van der Waals surface area contributed by atoms with E-state index >= 15 is 0 Å². The zero-order valence-electron chi connectivity index (χ0n) is 15.1. The lowest BCUT2D eigenvalue weighted by molar-refractivity contribution is 0.0989. The molecule has 3 aromatic rings. The normalized spacial score (nSPS) is 11.3. The SMILES string of the molecule is COc1ccc(C)c2sc(N(CCN(C)C)C(=O)c3ccc(Cl)s3)nc12. The number of ether oxygens (including phenoxy) is 1. The van der Waals surface area contributed by atoms with Crippen LogP contribution < -0.4 is 9.64 Å². The van der Waals surface area contributed by atoms with Gasteiger partial charge in [-0.25, -0.2) is 4.98 Å². The number of hydrogen-bond donors (Lipinski definition) is 0. The van der Waals surface area contributed by atoms with Crippen molar-refractivity contribution in [3.05, 3.63) is 39.0 Å². The molecule has 0 bridgehead atoms. The highest BCUT2D eigenvalue weighted by Gasteiger charge is 2.24. The third-order valence-corrected chi connectivity index (χ3v) is 6.38. The predicted molar refractivity (Wildman–Crippen MR) is 110 cm³/mol. The van der Waals surface area contributed by atoms with Gasteiger partial charge < -0.3 is 9.64 Å². The van der Waals surface area contributed by atoms with Crippen molar-refractivity contribution in [1.29, 1.82) is 0 Å². The molecular formula is C18H20ClN3O2S2. The van der Waals surface area contributed by atoms with Crippen molar-refractivity contribution in [2.24, 2.45) is 0 Å². The summed E-state index contributed by atoms with van der Waals surface area (Å²) >= 11 is 8.81. The molecule has 0 fully saturated rings. The summed E-state index contributed by atoms with van der Waals surface area (Å²) in [5.41, 5.74) is 1.91. The molecule has 2 aromatic heterocycles. The number of fused-ring (bicyclic) bond motifs is 1.